The predicted octanol–water partition coefficient (Wildman–Crippen LogP) is 8.32. The Bertz CT molecular complexity index is 1060. The number of hydrogen-bond acceptors (Lipinski definition) is 4. The molecule has 1 aliphatic rings. The zero-order chi connectivity index (χ0) is 18.8. The molecule has 3 heterocycles. The van der Waals surface area contributed by atoms with Gasteiger partial charge in [0.15, 0.2) is 0 Å². The van der Waals surface area contributed by atoms with E-state index in [1.807, 2.05) is 46.2 Å². The summed E-state index contributed by atoms with van der Waals surface area (Å²) in [6.07, 6.45) is 0. The molecule has 0 saturated heterocycles. The van der Waals surface area contributed by atoms with Crippen LogP contribution in [-0.4, -0.2) is 0 Å². The van der Waals surface area contributed by atoms with Crippen LogP contribution in [0.15, 0.2) is 71.4 Å². The highest BCUT2D eigenvalue weighted by atomic mass is 32.2. The Morgan fingerprint density at radius 3 is 1.96 bits per heavy atom. The second kappa shape index (κ2) is 8.50. The summed E-state index contributed by atoms with van der Waals surface area (Å²) in [5.74, 6) is 4.26. The monoisotopic (exact) mass is 436 g/mol. The fourth-order valence-corrected chi connectivity index (χ4v) is 6.99. The molecule has 0 unspecified atom stereocenters. The molecule has 0 aliphatic carbocycles. The zero-order valence-electron chi connectivity index (χ0n) is 15.4. The summed E-state index contributed by atoms with van der Waals surface area (Å²) < 4.78 is 0. The smallest absolute Gasteiger partial charge is 0.0345 e. The second-order valence-corrected chi connectivity index (χ2v) is 10.8. The molecule has 0 N–H and O–H groups in total. The van der Waals surface area contributed by atoms with Gasteiger partial charge in [-0.05, 0) is 68.4 Å². The normalized spacial score (nSPS) is 14.3. The van der Waals surface area contributed by atoms with E-state index in [9.17, 15) is 0 Å². The van der Waals surface area contributed by atoms with E-state index in [-0.39, 0.29) is 0 Å². The van der Waals surface area contributed by atoms with E-state index in [1.165, 1.54) is 43.1 Å². The van der Waals surface area contributed by atoms with E-state index >= 15 is 0 Å². The van der Waals surface area contributed by atoms with Gasteiger partial charge in [0.1, 0.15) is 0 Å². The Hall–Kier alpha value is -1.46. The Kier molecular flexibility index (Phi) is 5.63. The van der Waals surface area contributed by atoms with Crippen LogP contribution in [0, 0.1) is 0 Å². The first kappa shape index (κ1) is 18.6. The molecule has 28 heavy (non-hydrogen) atoms. The molecule has 4 heteroatoms. The van der Waals surface area contributed by atoms with Crippen molar-refractivity contribution in [1.29, 1.82) is 0 Å². The zero-order valence-corrected chi connectivity index (χ0v) is 18.7. The summed E-state index contributed by atoms with van der Waals surface area (Å²) in [6, 6.07) is 23.0. The van der Waals surface area contributed by atoms with Crippen LogP contribution < -0.4 is 0 Å². The van der Waals surface area contributed by atoms with Crippen molar-refractivity contribution in [3.05, 3.63) is 93.7 Å². The summed E-state index contributed by atoms with van der Waals surface area (Å²) in [5.41, 5.74) is 8.58. The second-order valence-electron chi connectivity index (χ2n) is 6.97. The maximum atomic E-state index is 2.43. The molecule has 5 rings (SSSR count). The summed E-state index contributed by atoms with van der Waals surface area (Å²) in [5, 5.41) is 4.34. The van der Waals surface area contributed by atoms with E-state index in [1.54, 1.807) is 0 Å². The van der Waals surface area contributed by atoms with Crippen LogP contribution >= 0.6 is 46.2 Å². The third-order valence-corrected chi connectivity index (χ3v) is 8.83. The lowest BCUT2D eigenvalue weighted by atomic mass is 10.0. The molecule has 0 amide bonds. The molecule has 0 fully saturated rings. The van der Waals surface area contributed by atoms with Crippen molar-refractivity contribution in [2.24, 2.45) is 0 Å². The lowest BCUT2D eigenvalue weighted by Crippen LogP contribution is -1.94. The van der Waals surface area contributed by atoms with Gasteiger partial charge in [-0.3, -0.25) is 0 Å². The van der Waals surface area contributed by atoms with Gasteiger partial charge < -0.3 is 0 Å². The quantitative estimate of drug-likeness (QED) is 0.310. The van der Waals surface area contributed by atoms with Crippen LogP contribution in [0.4, 0.5) is 0 Å². The van der Waals surface area contributed by atoms with E-state index in [2.05, 4.69) is 71.4 Å². The molecule has 0 radical (unpaired) electrons. The molecule has 1 aliphatic heterocycles. The van der Waals surface area contributed by atoms with Crippen molar-refractivity contribution >= 4 is 46.2 Å². The molecule has 4 bridgehead atoms. The fourth-order valence-electron chi connectivity index (χ4n) is 3.61. The predicted molar refractivity (Wildman–Crippen MR) is 130 cm³/mol. The van der Waals surface area contributed by atoms with Gasteiger partial charge in [0, 0.05) is 32.8 Å². The van der Waals surface area contributed by atoms with Gasteiger partial charge >= 0.3 is 0 Å². The molecular weight excluding hydrogens is 417 g/mol. The highest BCUT2D eigenvalue weighted by Gasteiger charge is 2.11. The average molecular weight is 437 g/mol. The van der Waals surface area contributed by atoms with Crippen LogP contribution in [0.3, 0.4) is 0 Å². The highest BCUT2D eigenvalue weighted by Crippen LogP contribution is 2.35. The van der Waals surface area contributed by atoms with Crippen molar-refractivity contribution in [2.75, 3.05) is 0 Å². The van der Waals surface area contributed by atoms with Crippen molar-refractivity contribution in [2.45, 2.75) is 23.0 Å². The minimum Gasteiger partial charge on any atom is -0.152 e. The third-order valence-electron chi connectivity index (χ3n) is 4.88. The fraction of sp³-hybridized carbons (Fsp3) is 0.167. The van der Waals surface area contributed by atoms with Gasteiger partial charge in [0.25, 0.3) is 0 Å². The van der Waals surface area contributed by atoms with Crippen molar-refractivity contribution in [3.8, 4) is 20.9 Å². The number of thiophene rings is 2. The molecule has 2 aromatic heterocycles. The van der Waals surface area contributed by atoms with Crippen molar-refractivity contribution < 1.29 is 0 Å². The number of thioether (sulfide) groups is 2. The van der Waals surface area contributed by atoms with Crippen molar-refractivity contribution in [1.82, 2.24) is 0 Å². The summed E-state index contributed by atoms with van der Waals surface area (Å²) in [4.78, 5) is 2.75. The average Bonchev–Trinajstić information content (AvgIpc) is 3.42. The molecule has 2 aromatic carbocycles. The summed E-state index contributed by atoms with van der Waals surface area (Å²) in [6.45, 7) is 0. The first-order valence-electron chi connectivity index (χ1n) is 9.33. The minimum absolute atomic E-state index is 1.06. The Morgan fingerprint density at radius 1 is 0.571 bits per heavy atom. The summed E-state index contributed by atoms with van der Waals surface area (Å²) >= 11 is 7.72. The third kappa shape index (κ3) is 4.11. The topological polar surface area (TPSA) is 0 Å². The molecule has 0 spiro atoms. The van der Waals surface area contributed by atoms with Crippen LogP contribution in [0.1, 0.15) is 22.3 Å². The van der Waals surface area contributed by atoms with E-state index in [0.29, 0.717) is 0 Å². The SMILES string of the molecule is c1csc(-c2cc3cc(c2)CSCc2cc(ccc2-c2cccs2)CSC3)c1. The number of rotatable bonds is 2. The van der Waals surface area contributed by atoms with Crippen LogP contribution in [0.25, 0.3) is 20.9 Å². The maximum Gasteiger partial charge on any atom is 0.0345 e. The molecule has 4 aromatic rings. The van der Waals surface area contributed by atoms with Gasteiger partial charge in [-0.25, -0.2) is 0 Å². The van der Waals surface area contributed by atoms with E-state index in [4.69, 9.17) is 0 Å². The number of benzene rings is 2. The lowest BCUT2D eigenvalue weighted by molar-refractivity contribution is 1.28. The molecule has 0 atom stereocenters. The number of hydrogen-bond donors (Lipinski definition) is 0. The van der Waals surface area contributed by atoms with Gasteiger partial charge in [0.05, 0.1) is 0 Å². The molecule has 140 valence electrons. The largest absolute Gasteiger partial charge is 0.152 e. The first-order valence-corrected chi connectivity index (χ1v) is 13.4. The standard InChI is InChI=1S/C24H20S4/c1-3-23(27-7-1)20-11-18-9-19(12-20)15-26-16-21-10-17(13-25-14-18)5-6-22(21)24-4-2-8-28-24/h1-12H,13-16H2. The van der Waals surface area contributed by atoms with E-state index in [0.717, 1.165) is 23.0 Å². The highest BCUT2D eigenvalue weighted by molar-refractivity contribution is 7.98. The molecule has 0 saturated carbocycles. The van der Waals surface area contributed by atoms with Gasteiger partial charge in [-0.1, -0.05) is 36.4 Å². The van der Waals surface area contributed by atoms with Gasteiger partial charge in [0.2, 0.25) is 0 Å². The summed E-state index contributed by atoms with van der Waals surface area (Å²) in [7, 11) is 0. The molecule has 0 nitrogen and oxygen atoms in total. The van der Waals surface area contributed by atoms with Crippen LogP contribution in [-0.2, 0) is 23.0 Å². The Labute approximate surface area is 183 Å². The Balaban J connectivity index is 1.47. The van der Waals surface area contributed by atoms with Gasteiger partial charge in [-0.15, -0.1) is 22.7 Å². The Morgan fingerprint density at radius 2 is 1.25 bits per heavy atom. The molecular formula is C24H20S4. The van der Waals surface area contributed by atoms with Crippen LogP contribution in [0.5, 0.6) is 0 Å². The van der Waals surface area contributed by atoms with Crippen LogP contribution in [0.2, 0.25) is 0 Å². The van der Waals surface area contributed by atoms with Crippen molar-refractivity contribution in [3.63, 3.8) is 0 Å². The maximum absolute atomic E-state index is 2.43. The lowest BCUT2D eigenvalue weighted by Gasteiger charge is -2.14. The van der Waals surface area contributed by atoms with E-state index < -0.39 is 0 Å². The van der Waals surface area contributed by atoms with Gasteiger partial charge in [-0.2, -0.15) is 23.5 Å². The number of fused-ring (bicyclic) bond motifs is 4. The minimum atomic E-state index is 1.06. The first-order chi connectivity index (χ1) is 13.8.